The monoisotopic (exact) mass is 488 g/mol. The van der Waals surface area contributed by atoms with Crippen LogP contribution >= 0.6 is 0 Å². The highest BCUT2D eigenvalue weighted by Crippen LogP contribution is 2.41. The van der Waals surface area contributed by atoms with E-state index in [1.165, 1.54) is 5.56 Å². The predicted molar refractivity (Wildman–Crippen MR) is 140 cm³/mol. The molecule has 6 heteroatoms. The van der Waals surface area contributed by atoms with Crippen LogP contribution in [0.2, 0.25) is 0 Å². The highest BCUT2D eigenvalue weighted by Gasteiger charge is 2.45. The van der Waals surface area contributed by atoms with Gasteiger partial charge in [0.2, 0.25) is 11.8 Å². The van der Waals surface area contributed by atoms with Crippen molar-refractivity contribution in [1.29, 1.82) is 0 Å². The highest BCUT2D eigenvalue weighted by atomic mass is 16.5. The van der Waals surface area contributed by atoms with Crippen LogP contribution < -0.4 is 9.64 Å². The van der Waals surface area contributed by atoms with Gasteiger partial charge >= 0.3 is 0 Å². The van der Waals surface area contributed by atoms with Crippen molar-refractivity contribution in [2.75, 3.05) is 24.5 Å². The first kappa shape index (κ1) is 24.5. The second-order valence-corrected chi connectivity index (χ2v) is 10.8. The molecule has 0 aromatic heterocycles. The summed E-state index contributed by atoms with van der Waals surface area (Å²) < 4.78 is 6.43. The van der Waals surface area contributed by atoms with Crippen LogP contribution in [0.1, 0.15) is 72.5 Å². The molecule has 1 spiro atoms. The molecule has 36 heavy (non-hydrogen) atoms. The fourth-order valence-corrected chi connectivity index (χ4v) is 5.77. The van der Waals surface area contributed by atoms with Crippen LogP contribution in [-0.2, 0) is 16.0 Å². The molecule has 0 bridgehead atoms. The number of Topliss-reactive ketones (excluding diaryl/α,β-unsaturated/α-hetero) is 1. The zero-order chi connectivity index (χ0) is 25.4. The number of benzene rings is 2. The Hall–Kier alpha value is -3.15. The van der Waals surface area contributed by atoms with Crippen LogP contribution in [0.3, 0.4) is 0 Å². The summed E-state index contributed by atoms with van der Waals surface area (Å²) in [6, 6.07) is 12.1. The zero-order valence-electron chi connectivity index (χ0n) is 21.6. The van der Waals surface area contributed by atoms with E-state index in [4.69, 9.17) is 4.74 Å². The minimum Gasteiger partial charge on any atom is -0.486 e. The quantitative estimate of drug-likeness (QED) is 0.592. The number of ketones is 1. The average Bonchev–Trinajstić information content (AvgIpc) is 3.26. The molecule has 0 saturated carbocycles. The van der Waals surface area contributed by atoms with Crippen LogP contribution in [0.25, 0.3) is 0 Å². The number of likely N-dealkylation sites (tertiary alicyclic amines) is 1. The van der Waals surface area contributed by atoms with Crippen LogP contribution in [0.5, 0.6) is 5.75 Å². The Morgan fingerprint density at radius 1 is 1.06 bits per heavy atom. The van der Waals surface area contributed by atoms with Crippen molar-refractivity contribution in [1.82, 2.24) is 4.90 Å². The molecule has 190 valence electrons. The van der Waals surface area contributed by atoms with Gasteiger partial charge in [0.25, 0.3) is 0 Å². The standard InChI is InChI=1S/C30H36N2O4/c1-4-5-6-22-7-9-24(10-8-22)32-19-23(17-28(32)34)29(35)31-13-11-30(12-14-31)18-26(33)25-15-20(2)21(3)16-27(25)36-30/h7-10,15-16,23H,4-6,11-14,17-19H2,1-3H3. The summed E-state index contributed by atoms with van der Waals surface area (Å²) in [5.41, 5.74) is 4.47. The topological polar surface area (TPSA) is 66.9 Å². The molecule has 2 amide bonds. The average molecular weight is 489 g/mol. The SMILES string of the molecule is CCCCc1ccc(N2CC(C(=O)N3CCC4(CC3)CC(=O)c3cc(C)c(C)cc3O4)CC2=O)cc1. The summed E-state index contributed by atoms with van der Waals surface area (Å²) in [6.07, 6.45) is 5.21. The number of rotatable bonds is 5. The Morgan fingerprint density at radius 2 is 1.75 bits per heavy atom. The van der Waals surface area contributed by atoms with E-state index in [-0.39, 0.29) is 29.9 Å². The molecule has 3 aliphatic rings. The molecule has 0 N–H and O–H groups in total. The number of aryl methyl sites for hydroxylation is 3. The van der Waals surface area contributed by atoms with Gasteiger partial charge in [-0.05, 0) is 67.6 Å². The second-order valence-electron chi connectivity index (χ2n) is 10.8. The fraction of sp³-hybridized carbons (Fsp3) is 0.500. The Bertz CT molecular complexity index is 1180. The van der Waals surface area contributed by atoms with Crippen molar-refractivity contribution in [3.8, 4) is 5.75 Å². The van der Waals surface area contributed by atoms with Crippen LogP contribution in [-0.4, -0.2) is 47.7 Å². The molecule has 0 radical (unpaired) electrons. The van der Waals surface area contributed by atoms with E-state index in [1.807, 2.05) is 43.0 Å². The lowest BCUT2D eigenvalue weighted by Gasteiger charge is -2.44. The first-order valence-electron chi connectivity index (χ1n) is 13.3. The number of piperidine rings is 1. The van der Waals surface area contributed by atoms with E-state index in [0.29, 0.717) is 50.2 Å². The Labute approximate surface area is 213 Å². The van der Waals surface area contributed by atoms with E-state index in [1.54, 1.807) is 4.90 Å². The summed E-state index contributed by atoms with van der Waals surface area (Å²) in [5, 5.41) is 0. The van der Waals surface area contributed by atoms with E-state index in [2.05, 4.69) is 19.1 Å². The van der Waals surface area contributed by atoms with Gasteiger partial charge < -0.3 is 14.5 Å². The number of fused-ring (bicyclic) bond motifs is 1. The third-order valence-electron chi connectivity index (χ3n) is 8.23. The van der Waals surface area contributed by atoms with Gasteiger partial charge in [0.05, 0.1) is 17.9 Å². The number of unbranched alkanes of at least 4 members (excludes halogenated alkanes) is 1. The summed E-state index contributed by atoms with van der Waals surface area (Å²) in [6.45, 7) is 7.73. The van der Waals surface area contributed by atoms with Gasteiger partial charge in [-0.25, -0.2) is 0 Å². The summed E-state index contributed by atoms with van der Waals surface area (Å²) in [5.74, 6) is 0.510. The van der Waals surface area contributed by atoms with Gasteiger partial charge in [-0.2, -0.15) is 0 Å². The summed E-state index contributed by atoms with van der Waals surface area (Å²) in [7, 11) is 0. The molecule has 1 atom stereocenters. The lowest BCUT2D eigenvalue weighted by molar-refractivity contribution is -0.139. The van der Waals surface area contributed by atoms with Crippen LogP contribution in [0, 0.1) is 19.8 Å². The third kappa shape index (κ3) is 4.65. The molecule has 5 rings (SSSR count). The smallest absolute Gasteiger partial charge is 0.228 e. The number of amides is 2. The highest BCUT2D eigenvalue weighted by molar-refractivity contribution is 6.01. The molecule has 1 unspecified atom stereocenters. The van der Waals surface area contributed by atoms with Crippen LogP contribution in [0.15, 0.2) is 36.4 Å². The number of anilines is 1. The molecule has 3 aliphatic heterocycles. The third-order valence-corrected chi connectivity index (χ3v) is 8.23. The van der Waals surface area contributed by atoms with Gasteiger partial charge in [-0.3, -0.25) is 14.4 Å². The van der Waals surface area contributed by atoms with Gasteiger partial charge in [-0.15, -0.1) is 0 Å². The van der Waals surface area contributed by atoms with Gasteiger partial charge in [0.15, 0.2) is 5.78 Å². The maximum atomic E-state index is 13.4. The Balaban J connectivity index is 1.21. The summed E-state index contributed by atoms with van der Waals surface area (Å²) in [4.78, 5) is 42.7. The second kappa shape index (κ2) is 9.72. The zero-order valence-corrected chi connectivity index (χ0v) is 21.6. The summed E-state index contributed by atoms with van der Waals surface area (Å²) >= 11 is 0. The van der Waals surface area contributed by atoms with Crippen molar-refractivity contribution < 1.29 is 19.1 Å². The number of hydrogen-bond acceptors (Lipinski definition) is 4. The van der Waals surface area contributed by atoms with Crippen molar-refractivity contribution >= 4 is 23.3 Å². The number of ether oxygens (including phenoxy) is 1. The first-order chi connectivity index (χ1) is 17.3. The molecular weight excluding hydrogens is 452 g/mol. The molecule has 2 aromatic rings. The van der Waals surface area contributed by atoms with Gasteiger partial charge in [0, 0.05) is 44.6 Å². The van der Waals surface area contributed by atoms with Crippen molar-refractivity contribution in [3.63, 3.8) is 0 Å². The van der Waals surface area contributed by atoms with Crippen LogP contribution in [0.4, 0.5) is 5.69 Å². The molecule has 0 aliphatic carbocycles. The van der Waals surface area contributed by atoms with E-state index in [9.17, 15) is 14.4 Å². The number of carbonyl (C=O) groups is 3. The first-order valence-corrected chi connectivity index (χ1v) is 13.3. The minimum absolute atomic E-state index is 0.00613. The largest absolute Gasteiger partial charge is 0.486 e. The number of hydrogen-bond donors (Lipinski definition) is 0. The lowest BCUT2D eigenvalue weighted by atomic mass is 9.81. The fourth-order valence-electron chi connectivity index (χ4n) is 5.77. The van der Waals surface area contributed by atoms with Crippen molar-refractivity contribution in [2.24, 2.45) is 5.92 Å². The van der Waals surface area contributed by atoms with E-state index >= 15 is 0 Å². The normalized spacial score (nSPS) is 21.0. The maximum Gasteiger partial charge on any atom is 0.228 e. The number of nitrogens with zero attached hydrogens (tertiary/aromatic N) is 2. The lowest BCUT2D eigenvalue weighted by Crippen LogP contribution is -2.53. The van der Waals surface area contributed by atoms with Gasteiger partial charge in [-0.1, -0.05) is 25.5 Å². The molecular formula is C30H36N2O4. The van der Waals surface area contributed by atoms with Crippen molar-refractivity contribution in [3.05, 3.63) is 58.7 Å². The van der Waals surface area contributed by atoms with Gasteiger partial charge in [0.1, 0.15) is 11.4 Å². The Kier molecular flexibility index (Phi) is 6.62. The molecule has 2 saturated heterocycles. The predicted octanol–water partition coefficient (Wildman–Crippen LogP) is 5.03. The number of carbonyl (C=O) groups excluding carboxylic acids is 3. The molecule has 2 fully saturated rings. The molecule has 6 nitrogen and oxygen atoms in total. The van der Waals surface area contributed by atoms with E-state index in [0.717, 1.165) is 36.1 Å². The Morgan fingerprint density at radius 3 is 2.44 bits per heavy atom. The van der Waals surface area contributed by atoms with E-state index < -0.39 is 5.60 Å². The van der Waals surface area contributed by atoms with Crippen molar-refractivity contribution in [2.45, 2.75) is 71.3 Å². The maximum absolute atomic E-state index is 13.4. The molecule has 2 aromatic carbocycles. The minimum atomic E-state index is -0.542. The molecule has 3 heterocycles.